The van der Waals surface area contributed by atoms with Crippen LogP contribution in [0.2, 0.25) is 0 Å². The fourth-order valence-electron chi connectivity index (χ4n) is 4.19. The Bertz CT molecular complexity index is 825. The fourth-order valence-corrected chi connectivity index (χ4v) is 4.19. The van der Waals surface area contributed by atoms with E-state index in [1.807, 2.05) is 10.5 Å². The maximum atomic E-state index is 14.6. The Morgan fingerprint density at radius 2 is 2.17 bits per heavy atom. The van der Waals surface area contributed by atoms with Crippen molar-refractivity contribution in [3.63, 3.8) is 0 Å². The van der Waals surface area contributed by atoms with Gasteiger partial charge in [-0.05, 0) is 37.7 Å². The molecule has 4 rings (SSSR count). The SMILES string of the molecule is C=C1CCC(C(CO)c2c3c(c4cncn24)=CC=CC3F)CC1. The zero-order chi connectivity index (χ0) is 16.0. The maximum Gasteiger partial charge on any atom is 0.146 e. The summed E-state index contributed by atoms with van der Waals surface area (Å²) in [4.78, 5) is 4.23. The number of fused-ring (bicyclic) bond motifs is 3. The zero-order valence-corrected chi connectivity index (χ0v) is 13.1. The molecular weight excluding hydrogens is 291 g/mol. The van der Waals surface area contributed by atoms with Crippen molar-refractivity contribution in [3.05, 3.63) is 53.3 Å². The second kappa shape index (κ2) is 5.60. The van der Waals surface area contributed by atoms with Crippen molar-refractivity contribution in [1.29, 1.82) is 0 Å². The van der Waals surface area contributed by atoms with Crippen molar-refractivity contribution >= 4 is 11.6 Å². The molecule has 0 aliphatic heterocycles. The number of halogens is 1. The molecule has 0 amide bonds. The van der Waals surface area contributed by atoms with Crippen LogP contribution in [-0.2, 0) is 0 Å². The van der Waals surface area contributed by atoms with Crippen LogP contribution in [-0.4, -0.2) is 21.1 Å². The van der Waals surface area contributed by atoms with Crippen molar-refractivity contribution in [2.45, 2.75) is 37.8 Å². The van der Waals surface area contributed by atoms with Gasteiger partial charge in [0.1, 0.15) is 6.17 Å². The lowest BCUT2D eigenvalue weighted by molar-refractivity contribution is 0.201. The number of aromatic nitrogens is 2. The van der Waals surface area contributed by atoms with Crippen molar-refractivity contribution in [2.75, 3.05) is 6.61 Å². The highest BCUT2D eigenvalue weighted by Gasteiger charge is 2.33. The molecule has 3 nitrogen and oxygen atoms in total. The summed E-state index contributed by atoms with van der Waals surface area (Å²) in [5.74, 6) is 0.308. The third-order valence-electron chi connectivity index (χ3n) is 5.41. The monoisotopic (exact) mass is 312 g/mol. The summed E-state index contributed by atoms with van der Waals surface area (Å²) >= 11 is 0. The van der Waals surface area contributed by atoms with Crippen LogP contribution in [0.25, 0.3) is 11.6 Å². The van der Waals surface area contributed by atoms with E-state index < -0.39 is 6.17 Å². The number of imidazole rings is 1. The predicted molar refractivity (Wildman–Crippen MR) is 88.8 cm³/mol. The number of rotatable bonds is 3. The molecule has 2 aliphatic carbocycles. The number of aliphatic hydroxyl groups excluding tert-OH is 1. The highest BCUT2D eigenvalue weighted by atomic mass is 19.1. The minimum atomic E-state index is -1.11. The third kappa shape index (κ3) is 2.24. The van der Waals surface area contributed by atoms with Gasteiger partial charge in [0.05, 0.1) is 24.6 Å². The van der Waals surface area contributed by atoms with Crippen LogP contribution in [0.15, 0.2) is 36.8 Å². The molecule has 23 heavy (non-hydrogen) atoms. The lowest BCUT2D eigenvalue weighted by Crippen LogP contribution is -2.23. The fraction of sp³-hybridized carbons (Fsp3) is 0.421. The molecule has 4 heteroatoms. The minimum absolute atomic E-state index is 0.0390. The van der Waals surface area contributed by atoms with Crippen LogP contribution in [0, 0.1) is 5.92 Å². The second-order valence-electron chi connectivity index (χ2n) is 6.69. The summed E-state index contributed by atoms with van der Waals surface area (Å²) in [6.07, 6.45) is 11.7. The Morgan fingerprint density at radius 1 is 1.39 bits per heavy atom. The van der Waals surface area contributed by atoms with Gasteiger partial charge in [0.2, 0.25) is 0 Å². The van der Waals surface area contributed by atoms with Crippen molar-refractivity contribution in [1.82, 2.24) is 9.38 Å². The largest absolute Gasteiger partial charge is 0.396 e. The molecule has 2 aliphatic rings. The average Bonchev–Trinajstić information content (AvgIpc) is 3.13. The van der Waals surface area contributed by atoms with E-state index in [0.29, 0.717) is 11.5 Å². The molecule has 0 spiro atoms. The van der Waals surface area contributed by atoms with Crippen LogP contribution in [0.5, 0.6) is 0 Å². The Morgan fingerprint density at radius 3 is 2.91 bits per heavy atom. The van der Waals surface area contributed by atoms with E-state index >= 15 is 0 Å². The van der Waals surface area contributed by atoms with Crippen LogP contribution in [0.1, 0.15) is 49.0 Å². The number of aliphatic hydroxyl groups is 1. The molecule has 2 aromatic rings. The smallest absolute Gasteiger partial charge is 0.146 e. The normalized spacial score (nSPS) is 23.0. The van der Waals surface area contributed by atoms with Gasteiger partial charge in [0, 0.05) is 22.4 Å². The van der Waals surface area contributed by atoms with Crippen LogP contribution < -0.4 is 5.22 Å². The summed E-state index contributed by atoms with van der Waals surface area (Å²) in [7, 11) is 0. The van der Waals surface area contributed by atoms with Gasteiger partial charge in [-0.2, -0.15) is 0 Å². The van der Waals surface area contributed by atoms with Gasteiger partial charge in [-0.15, -0.1) is 0 Å². The van der Waals surface area contributed by atoms with Crippen molar-refractivity contribution in [2.24, 2.45) is 5.92 Å². The molecule has 0 aromatic carbocycles. The summed E-state index contributed by atoms with van der Waals surface area (Å²) in [6.45, 7) is 4.11. The van der Waals surface area contributed by atoms with Gasteiger partial charge in [-0.3, -0.25) is 0 Å². The summed E-state index contributed by atoms with van der Waals surface area (Å²) < 4.78 is 16.6. The van der Waals surface area contributed by atoms with E-state index in [9.17, 15) is 9.50 Å². The number of allylic oxidation sites excluding steroid dienone is 3. The molecule has 0 saturated heterocycles. The predicted octanol–water partition coefficient (Wildman–Crippen LogP) is 3.24. The molecule has 2 unspecified atom stereocenters. The Kier molecular flexibility index (Phi) is 3.57. The first kappa shape index (κ1) is 14.6. The van der Waals surface area contributed by atoms with Gasteiger partial charge in [0.15, 0.2) is 0 Å². The molecule has 120 valence electrons. The Balaban J connectivity index is 1.86. The van der Waals surface area contributed by atoms with Gasteiger partial charge >= 0.3 is 0 Å². The number of hydrogen-bond acceptors (Lipinski definition) is 2. The standard InChI is InChI=1S/C19H21FN2O/c1-12-5-7-13(8-6-12)15(10-23)19-18-14(3-2-4-16(18)20)17-9-21-11-22(17)19/h2-4,9,11,13,15-16,23H,1,5-8,10H2. The lowest BCUT2D eigenvalue weighted by Gasteiger charge is -2.31. The molecule has 1 N–H and O–H groups in total. The molecule has 0 bridgehead atoms. The van der Waals surface area contributed by atoms with E-state index in [-0.39, 0.29) is 12.5 Å². The highest BCUT2D eigenvalue weighted by molar-refractivity contribution is 5.64. The molecular formula is C19H21FN2O. The first-order chi connectivity index (χ1) is 11.2. The Labute approximate surface area is 134 Å². The molecule has 1 fully saturated rings. The van der Waals surface area contributed by atoms with E-state index in [0.717, 1.165) is 42.1 Å². The third-order valence-corrected chi connectivity index (χ3v) is 5.41. The van der Waals surface area contributed by atoms with Crippen molar-refractivity contribution < 1.29 is 9.50 Å². The molecule has 2 heterocycles. The van der Waals surface area contributed by atoms with E-state index in [4.69, 9.17) is 0 Å². The minimum Gasteiger partial charge on any atom is -0.396 e. The Hall–Kier alpha value is -1.94. The quantitative estimate of drug-likeness (QED) is 0.884. The molecule has 0 radical (unpaired) electrons. The van der Waals surface area contributed by atoms with Gasteiger partial charge in [-0.1, -0.05) is 24.3 Å². The molecule has 2 atom stereocenters. The van der Waals surface area contributed by atoms with Crippen LogP contribution >= 0.6 is 0 Å². The van der Waals surface area contributed by atoms with E-state index in [2.05, 4.69) is 11.6 Å². The summed E-state index contributed by atoms with van der Waals surface area (Å²) in [5.41, 5.74) is 3.84. The van der Waals surface area contributed by atoms with Crippen molar-refractivity contribution in [3.8, 4) is 0 Å². The summed E-state index contributed by atoms with van der Waals surface area (Å²) in [5, 5.41) is 11.0. The van der Waals surface area contributed by atoms with E-state index in [1.165, 1.54) is 5.57 Å². The number of nitrogens with zero attached hydrogens (tertiary/aromatic N) is 2. The van der Waals surface area contributed by atoms with E-state index in [1.54, 1.807) is 24.7 Å². The summed E-state index contributed by atoms with van der Waals surface area (Å²) in [6, 6.07) is 0. The van der Waals surface area contributed by atoms with Crippen LogP contribution in [0.4, 0.5) is 4.39 Å². The first-order valence-electron chi connectivity index (χ1n) is 8.28. The van der Waals surface area contributed by atoms with Gasteiger partial charge in [-0.25, -0.2) is 9.37 Å². The number of alkyl halides is 1. The van der Waals surface area contributed by atoms with Gasteiger partial charge < -0.3 is 9.51 Å². The average molecular weight is 312 g/mol. The topological polar surface area (TPSA) is 37.5 Å². The maximum absolute atomic E-state index is 14.6. The highest BCUT2D eigenvalue weighted by Crippen LogP contribution is 2.40. The molecule has 1 saturated carbocycles. The van der Waals surface area contributed by atoms with Crippen LogP contribution in [0.3, 0.4) is 0 Å². The number of hydrogen-bond donors (Lipinski definition) is 1. The lowest BCUT2D eigenvalue weighted by atomic mass is 9.76. The molecule has 2 aromatic heterocycles. The zero-order valence-electron chi connectivity index (χ0n) is 13.1. The first-order valence-corrected chi connectivity index (χ1v) is 8.28. The van der Waals surface area contributed by atoms with Gasteiger partial charge in [0.25, 0.3) is 0 Å². The second-order valence-corrected chi connectivity index (χ2v) is 6.69.